The Bertz CT molecular complexity index is 1170. The molecule has 31 heavy (non-hydrogen) atoms. The summed E-state index contributed by atoms with van der Waals surface area (Å²) in [5.74, 6) is -1.79. The maximum Gasteiger partial charge on any atom is 0.261 e. The molecule has 0 radical (unpaired) electrons. The molecule has 0 atom stereocenters. The number of amides is 2. The fourth-order valence-electron chi connectivity index (χ4n) is 3.57. The van der Waals surface area contributed by atoms with Crippen molar-refractivity contribution >= 4 is 40.6 Å². The van der Waals surface area contributed by atoms with Crippen molar-refractivity contribution in [2.45, 2.75) is 13.3 Å². The molecule has 4 rings (SSSR count). The maximum atomic E-state index is 14.2. The predicted molar refractivity (Wildman–Crippen MR) is 116 cm³/mol. The summed E-state index contributed by atoms with van der Waals surface area (Å²) in [7, 11) is 0. The zero-order valence-electron chi connectivity index (χ0n) is 16.6. The second-order valence-corrected chi connectivity index (χ2v) is 7.75. The molecular weight excluding hydrogens is 419 g/mol. The molecule has 0 unspecified atom stereocenters. The van der Waals surface area contributed by atoms with Gasteiger partial charge in [0.15, 0.2) is 5.78 Å². The van der Waals surface area contributed by atoms with Gasteiger partial charge in [-0.1, -0.05) is 47.5 Å². The second kappa shape index (κ2) is 8.32. The molecule has 0 bridgehead atoms. The van der Waals surface area contributed by atoms with Crippen molar-refractivity contribution in [1.82, 2.24) is 4.90 Å². The van der Waals surface area contributed by atoms with Crippen LogP contribution in [-0.4, -0.2) is 29.0 Å². The molecule has 3 aromatic carbocycles. The van der Waals surface area contributed by atoms with Crippen LogP contribution in [0.1, 0.15) is 31.8 Å². The van der Waals surface area contributed by atoms with Gasteiger partial charge in [0.2, 0.25) is 0 Å². The van der Waals surface area contributed by atoms with Crippen molar-refractivity contribution in [2.75, 3.05) is 11.9 Å². The van der Waals surface area contributed by atoms with Gasteiger partial charge in [0.05, 0.1) is 28.4 Å². The average molecular weight is 437 g/mol. The third kappa shape index (κ3) is 4.07. The third-order valence-corrected chi connectivity index (χ3v) is 5.40. The molecule has 2 amide bonds. The molecule has 0 aromatic heterocycles. The first kappa shape index (κ1) is 20.8. The average Bonchev–Trinajstić information content (AvgIpc) is 2.97. The van der Waals surface area contributed by atoms with Crippen LogP contribution in [0.5, 0.6) is 0 Å². The summed E-state index contributed by atoms with van der Waals surface area (Å²) < 4.78 is 14.2. The van der Waals surface area contributed by atoms with E-state index in [0.29, 0.717) is 22.4 Å². The molecule has 1 aliphatic rings. The van der Waals surface area contributed by atoms with Crippen molar-refractivity contribution in [3.63, 3.8) is 0 Å². The summed E-state index contributed by atoms with van der Waals surface area (Å²) in [5.41, 5.74) is 2.75. The molecule has 156 valence electrons. The van der Waals surface area contributed by atoms with E-state index in [2.05, 4.69) is 5.32 Å². The van der Waals surface area contributed by atoms with Crippen LogP contribution in [0.2, 0.25) is 5.02 Å². The summed E-state index contributed by atoms with van der Waals surface area (Å²) in [5, 5.41) is 3.17. The van der Waals surface area contributed by atoms with Crippen LogP contribution in [0.25, 0.3) is 0 Å². The van der Waals surface area contributed by atoms with E-state index in [9.17, 15) is 18.8 Å². The number of fused-ring (bicyclic) bond motifs is 1. The van der Waals surface area contributed by atoms with E-state index in [4.69, 9.17) is 11.6 Å². The Morgan fingerprint density at radius 2 is 1.68 bits per heavy atom. The number of halogens is 2. The minimum Gasteiger partial charge on any atom is -0.352 e. The van der Waals surface area contributed by atoms with Crippen LogP contribution in [0.3, 0.4) is 0 Å². The quantitative estimate of drug-likeness (QED) is 0.556. The summed E-state index contributed by atoms with van der Waals surface area (Å²) in [6, 6.07) is 16.2. The number of rotatable bonds is 6. The number of nitrogens with one attached hydrogen (secondary N) is 1. The third-order valence-electron chi connectivity index (χ3n) is 5.08. The zero-order valence-corrected chi connectivity index (χ0v) is 17.4. The Morgan fingerprint density at radius 1 is 1.00 bits per heavy atom. The van der Waals surface area contributed by atoms with Crippen molar-refractivity contribution in [3.05, 3.63) is 93.8 Å². The molecule has 0 saturated carbocycles. The molecule has 0 aliphatic carbocycles. The monoisotopic (exact) mass is 436 g/mol. The lowest BCUT2D eigenvalue weighted by Crippen LogP contribution is -2.35. The van der Waals surface area contributed by atoms with E-state index in [1.165, 1.54) is 12.1 Å². The number of para-hydroxylation sites is 1. The normalized spacial score (nSPS) is 12.8. The lowest BCUT2D eigenvalue weighted by atomic mass is 10.0. The molecule has 0 fully saturated rings. The molecule has 1 N–H and O–H groups in total. The second-order valence-electron chi connectivity index (χ2n) is 7.34. The van der Waals surface area contributed by atoms with Crippen molar-refractivity contribution < 1.29 is 18.8 Å². The van der Waals surface area contributed by atoms with Gasteiger partial charge in [-0.2, -0.15) is 0 Å². The van der Waals surface area contributed by atoms with Crippen LogP contribution in [-0.2, 0) is 11.2 Å². The smallest absolute Gasteiger partial charge is 0.261 e. The van der Waals surface area contributed by atoms with Crippen LogP contribution in [0, 0.1) is 12.7 Å². The minimum atomic E-state index is -0.517. The highest BCUT2D eigenvalue weighted by Crippen LogP contribution is 2.30. The van der Waals surface area contributed by atoms with E-state index in [1.807, 2.05) is 13.0 Å². The summed E-state index contributed by atoms with van der Waals surface area (Å²) in [6.45, 7) is 1.54. The Labute approximate surface area is 183 Å². The van der Waals surface area contributed by atoms with Crippen LogP contribution in [0.15, 0.2) is 60.7 Å². The Hall–Kier alpha value is -3.51. The van der Waals surface area contributed by atoms with Crippen LogP contribution < -0.4 is 5.32 Å². The first-order valence-corrected chi connectivity index (χ1v) is 10.0. The summed E-state index contributed by atoms with van der Waals surface area (Å²) in [4.78, 5) is 38.8. The Balaban J connectivity index is 1.55. The number of anilines is 2. The van der Waals surface area contributed by atoms with E-state index >= 15 is 0 Å². The molecule has 0 spiro atoms. The number of hydrogen-bond donors (Lipinski definition) is 1. The van der Waals surface area contributed by atoms with E-state index in [0.717, 1.165) is 10.5 Å². The number of nitrogens with zero attached hydrogens (tertiary/aromatic N) is 1. The predicted octanol–water partition coefficient (Wildman–Crippen LogP) is 4.94. The number of ketones is 1. The highest BCUT2D eigenvalue weighted by Gasteiger charge is 2.36. The minimum absolute atomic E-state index is 0.0382. The van der Waals surface area contributed by atoms with E-state index in [1.54, 1.807) is 42.5 Å². The number of hydrogen-bond acceptors (Lipinski definition) is 4. The molecule has 3 aromatic rings. The van der Waals surface area contributed by atoms with Gasteiger partial charge in [-0.15, -0.1) is 0 Å². The van der Waals surface area contributed by atoms with Crippen LogP contribution in [0.4, 0.5) is 15.8 Å². The molecule has 1 heterocycles. The van der Waals surface area contributed by atoms with Gasteiger partial charge in [0.1, 0.15) is 5.82 Å². The maximum absolute atomic E-state index is 14.2. The van der Waals surface area contributed by atoms with Gasteiger partial charge in [-0.05, 0) is 42.8 Å². The molecular formula is C24H18ClFN2O3. The largest absolute Gasteiger partial charge is 0.352 e. The Kier molecular flexibility index (Phi) is 5.57. The molecule has 0 saturated heterocycles. The highest BCUT2D eigenvalue weighted by molar-refractivity contribution is 6.33. The fraction of sp³-hybridized carbons (Fsp3) is 0.125. The molecule has 7 heteroatoms. The molecule has 1 aliphatic heterocycles. The number of imide groups is 1. The van der Waals surface area contributed by atoms with Gasteiger partial charge in [0.25, 0.3) is 11.8 Å². The van der Waals surface area contributed by atoms with Gasteiger partial charge >= 0.3 is 0 Å². The standard InChI is InChI=1S/C24H18ClFN2O3/c1-14-9-10-21(27-22-19(25)7-4-8-20(22)26)15(11-14)12-16(29)13-28-23(30)17-5-2-3-6-18(17)24(28)31/h2-11,27H,12-13H2,1H3. The van der Waals surface area contributed by atoms with Gasteiger partial charge < -0.3 is 5.32 Å². The van der Waals surface area contributed by atoms with Gasteiger partial charge in [-0.3, -0.25) is 19.3 Å². The fourth-order valence-corrected chi connectivity index (χ4v) is 3.78. The van der Waals surface area contributed by atoms with Crippen molar-refractivity contribution in [3.8, 4) is 0 Å². The summed E-state index contributed by atoms with van der Waals surface area (Å²) >= 11 is 6.11. The van der Waals surface area contributed by atoms with E-state index < -0.39 is 17.6 Å². The van der Waals surface area contributed by atoms with E-state index in [-0.39, 0.29) is 29.5 Å². The number of carbonyl (C=O) groups is 3. The topological polar surface area (TPSA) is 66.5 Å². The van der Waals surface area contributed by atoms with Crippen LogP contribution >= 0.6 is 11.6 Å². The number of benzene rings is 3. The lowest BCUT2D eigenvalue weighted by Gasteiger charge is -2.16. The number of aryl methyl sites for hydroxylation is 1. The molecule has 5 nitrogen and oxygen atoms in total. The first-order valence-electron chi connectivity index (χ1n) is 9.62. The number of Topliss-reactive ketones (excluding diaryl/α,β-unsaturated/α-hetero) is 1. The van der Waals surface area contributed by atoms with Crippen molar-refractivity contribution in [2.24, 2.45) is 0 Å². The zero-order chi connectivity index (χ0) is 22.1. The lowest BCUT2D eigenvalue weighted by molar-refractivity contribution is -0.118. The SMILES string of the molecule is Cc1ccc(Nc2c(F)cccc2Cl)c(CC(=O)CN2C(=O)c3ccccc3C2=O)c1. The van der Waals surface area contributed by atoms with Crippen molar-refractivity contribution in [1.29, 1.82) is 0 Å². The highest BCUT2D eigenvalue weighted by atomic mass is 35.5. The summed E-state index contributed by atoms with van der Waals surface area (Å²) in [6.07, 6.45) is -0.0382. The number of carbonyl (C=O) groups excluding carboxylic acids is 3. The first-order chi connectivity index (χ1) is 14.8. The van der Waals surface area contributed by atoms with Gasteiger partial charge in [0, 0.05) is 12.1 Å². The van der Waals surface area contributed by atoms with Gasteiger partial charge in [-0.25, -0.2) is 4.39 Å². The Morgan fingerprint density at radius 3 is 2.32 bits per heavy atom.